The summed E-state index contributed by atoms with van der Waals surface area (Å²) in [5.41, 5.74) is -0.724. The molecule has 0 saturated heterocycles. The van der Waals surface area contributed by atoms with Gasteiger partial charge in [-0.05, 0) is 13.8 Å². The maximum atomic E-state index is 11.4. The number of ether oxygens (including phenoxy) is 1. The third-order valence-corrected chi connectivity index (χ3v) is 4.82. The predicted octanol–water partition coefficient (Wildman–Crippen LogP) is 2.51. The highest BCUT2D eigenvalue weighted by molar-refractivity contribution is 7.76. The molecule has 0 saturated carbocycles. The molecule has 1 aliphatic rings. The van der Waals surface area contributed by atoms with Crippen LogP contribution in [0.3, 0.4) is 0 Å². The van der Waals surface area contributed by atoms with E-state index in [4.69, 9.17) is 17.0 Å². The van der Waals surface area contributed by atoms with Crippen LogP contribution in [0.5, 0.6) is 0 Å². The molecule has 0 spiro atoms. The Morgan fingerprint density at radius 2 is 1.93 bits per heavy atom. The topological polar surface area (TPSA) is 43.4 Å². The van der Waals surface area contributed by atoms with Gasteiger partial charge in [-0.1, -0.05) is 12.2 Å². The first-order chi connectivity index (χ1) is 6.42. The van der Waals surface area contributed by atoms with Gasteiger partial charge < -0.3 is 4.74 Å². The lowest BCUT2D eigenvalue weighted by atomic mass is 10.0. The summed E-state index contributed by atoms with van der Waals surface area (Å²) in [4.78, 5) is 23.8. The average Bonchev–Trinajstić information content (AvgIpc) is 2.44. The number of carbonyl (C=O) groups is 2. The standard InChI is InChI=1S/C8H6O3S3/c1-8(2)5-4(13-7(12)14-5)3(9)6(10)11-8/h1-2H3. The summed E-state index contributed by atoms with van der Waals surface area (Å²) in [7, 11) is 0. The van der Waals surface area contributed by atoms with Crippen molar-refractivity contribution in [2.24, 2.45) is 0 Å². The van der Waals surface area contributed by atoms with E-state index in [2.05, 4.69) is 0 Å². The first kappa shape index (κ1) is 9.95. The molecule has 0 aromatic carbocycles. The van der Waals surface area contributed by atoms with Gasteiger partial charge in [0.1, 0.15) is 13.6 Å². The van der Waals surface area contributed by atoms with Gasteiger partial charge in [0.2, 0.25) is 0 Å². The smallest absolute Gasteiger partial charge is 0.381 e. The largest absolute Gasteiger partial charge is 0.448 e. The third kappa shape index (κ3) is 1.34. The number of Topliss-reactive ketones (excluding diaryl/α,β-unsaturated/α-hetero) is 1. The second-order valence-corrected chi connectivity index (χ2v) is 6.57. The Balaban J connectivity index is 2.73. The van der Waals surface area contributed by atoms with Crippen molar-refractivity contribution < 1.29 is 14.3 Å². The van der Waals surface area contributed by atoms with Crippen LogP contribution < -0.4 is 0 Å². The van der Waals surface area contributed by atoms with E-state index in [1.165, 1.54) is 22.7 Å². The maximum absolute atomic E-state index is 11.4. The van der Waals surface area contributed by atoms with Gasteiger partial charge in [-0.25, -0.2) is 4.79 Å². The van der Waals surface area contributed by atoms with Crippen molar-refractivity contribution >= 4 is 46.6 Å². The number of ketones is 1. The predicted molar refractivity (Wildman–Crippen MR) is 56.5 cm³/mol. The van der Waals surface area contributed by atoms with Crippen molar-refractivity contribution in [2.75, 3.05) is 0 Å². The van der Waals surface area contributed by atoms with Gasteiger partial charge in [0, 0.05) is 0 Å². The molecule has 0 bridgehead atoms. The van der Waals surface area contributed by atoms with Crippen LogP contribution in [0, 0.1) is 3.14 Å². The monoisotopic (exact) mass is 246 g/mol. The molecule has 1 aliphatic heterocycles. The number of fused-ring (bicyclic) bond motifs is 1. The summed E-state index contributed by atoms with van der Waals surface area (Å²) < 4.78 is 5.66. The van der Waals surface area contributed by atoms with E-state index in [0.717, 1.165) is 4.88 Å². The Bertz CT molecular complexity index is 480. The normalized spacial score (nSPS) is 19.0. The molecule has 3 nitrogen and oxygen atoms in total. The fourth-order valence-corrected chi connectivity index (χ4v) is 3.98. The zero-order valence-corrected chi connectivity index (χ0v) is 9.90. The van der Waals surface area contributed by atoms with Crippen LogP contribution in [-0.4, -0.2) is 11.8 Å². The van der Waals surface area contributed by atoms with Crippen LogP contribution in [0.25, 0.3) is 0 Å². The highest BCUT2D eigenvalue weighted by Crippen LogP contribution is 2.40. The molecule has 6 heteroatoms. The number of rotatable bonds is 0. The molecule has 1 aromatic rings. The van der Waals surface area contributed by atoms with Gasteiger partial charge in [0.15, 0.2) is 0 Å². The van der Waals surface area contributed by atoms with E-state index in [1.54, 1.807) is 13.8 Å². The minimum atomic E-state index is -0.786. The molecule has 2 heterocycles. The number of cyclic esters (lactones) is 1. The van der Waals surface area contributed by atoms with E-state index in [0.29, 0.717) is 8.01 Å². The van der Waals surface area contributed by atoms with E-state index in [1.807, 2.05) is 0 Å². The Hall–Kier alpha value is -0.590. The molecule has 2 rings (SSSR count). The quantitative estimate of drug-likeness (QED) is 0.401. The summed E-state index contributed by atoms with van der Waals surface area (Å²) in [6.07, 6.45) is 0. The average molecular weight is 246 g/mol. The van der Waals surface area contributed by atoms with Gasteiger partial charge in [0.05, 0.1) is 4.88 Å². The molecule has 0 fully saturated rings. The Morgan fingerprint density at radius 3 is 2.57 bits per heavy atom. The van der Waals surface area contributed by atoms with Crippen molar-refractivity contribution in [1.29, 1.82) is 0 Å². The second kappa shape index (κ2) is 2.95. The number of esters is 1. The SMILES string of the molecule is CC1(C)OC(=O)C(=O)c2sc(=S)sc21. The van der Waals surface area contributed by atoms with Gasteiger partial charge in [-0.2, -0.15) is 0 Å². The van der Waals surface area contributed by atoms with Gasteiger partial charge in [-0.3, -0.25) is 4.79 Å². The molecule has 0 amide bonds. The minimum Gasteiger partial charge on any atom is -0.448 e. The van der Waals surface area contributed by atoms with E-state index in [-0.39, 0.29) is 0 Å². The lowest BCUT2D eigenvalue weighted by Crippen LogP contribution is -2.35. The molecule has 74 valence electrons. The molecular weight excluding hydrogens is 240 g/mol. The zero-order valence-electron chi connectivity index (χ0n) is 7.45. The minimum absolute atomic E-state index is 0.446. The number of hydrogen-bond donors (Lipinski definition) is 0. The van der Waals surface area contributed by atoms with Gasteiger partial charge in [-0.15, -0.1) is 22.7 Å². The van der Waals surface area contributed by atoms with Crippen molar-refractivity contribution in [3.63, 3.8) is 0 Å². The molecule has 14 heavy (non-hydrogen) atoms. The molecule has 0 aliphatic carbocycles. The van der Waals surface area contributed by atoms with Crippen molar-refractivity contribution in [3.8, 4) is 0 Å². The first-order valence-corrected chi connectivity index (χ1v) is 5.88. The molecule has 1 aromatic heterocycles. The Morgan fingerprint density at radius 1 is 1.29 bits per heavy atom. The Kier molecular flexibility index (Phi) is 2.09. The van der Waals surface area contributed by atoms with E-state index in [9.17, 15) is 9.59 Å². The third-order valence-electron chi connectivity index (χ3n) is 1.86. The maximum Gasteiger partial charge on any atom is 0.381 e. The molecular formula is C8H6O3S3. The molecule has 0 atom stereocenters. The lowest BCUT2D eigenvalue weighted by molar-refractivity contribution is -0.152. The van der Waals surface area contributed by atoms with Gasteiger partial charge >= 0.3 is 5.97 Å². The second-order valence-electron chi connectivity index (χ2n) is 3.34. The van der Waals surface area contributed by atoms with Crippen LogP contribution in [0.4, 0.5) is 0 Å². The van der Waals surface area contributed by atoms with Crippen LogP contribution in [0.1, 0.15) is 28.4 Å². The summed E-state index contributed by atoms with van der Waals surface area (Å²) in [5, 5.41) is 0. The first-order valence-electron chi connectivity index (χ1n) is 3.84. The molecule has 0 N–H and O–H groups in total. The summed E-state index contributed by atoms with van der Waals surface area (Å²) >= 11 is 7.52. The fourth-order valence-electron chi connectivity index (χ4n) is 1.24. The zero-order chi connectivity index (χ0) is 10.5. The van der Waals surface area contributed by atoms with Crippen molar-refractivity contribution in [1.82, 2.24) is 0 Å². The van der Waals surface area contributed by atoms with E-state index >= 15 is 0 Å². The summed E-state index contributed by atoms with van der Waals surface area (Å²) in [6.45, 7) is 3.52. The lowest BCUT2D eigenvalue weighted by Gasteiger charge is -2.27. The van der Waals surface area contributed by atoms with Crippen LogP contribution >= 0.6 is 34.9 Å². The Labute approximate surface area is 93.3 Å². The van der Waals surface area contributed by atoms with Crippen LogP contribution in [0.15, 0.2) is 0 Å². The van der Waals surface area contributed by atoms with Crippen LogP contribution in [0.2, 0.25) is 0 Å². The van der Waals surface area contributed by atoms with Crippen molar-refractivity contribution in [3.05, 3.63) is 12.9 Å². The van der Waals surface area contributed by atoms with Crippen LogP contribution in [-0.2, 0) is 15.1 Å². The number of carbonyl (C=O) groups excluding carboxylic acids is 2. The fraction of sp³-hybridized carbons (Fsp3) is 0.375. The van der Waals surface area contributed by atoms with Gasteiger partial charge in [0.25, 0.3) is 5.78 Å². The van der Waals surface area contributed by atoms with Crippen molar-refractivity contribution in [2.45, 2.75) is 19.4 Å². The summed E-state index contributed by atoms with van der Waals surface area (Å²) in [6, 6.07) is 0. The molecule has 0 unspecified atom stereocenters. The number of hydrogen-bond acceptors (Lipinski definition) is 6. The highest BCUT2D eigenvalue weighted by atomic mass is 32.2. The van der Waals surface area contributed by atoms with E-state index < -0.39 is 17.4 Å². The molecule has 0 radical (unpaired) electrons. The highest BCUT2D eigenvalue weighted by Gasteiger charge is 2.41. The summed E-state index contributed by atoms with van der Waals surface area (Å²) in [5.74, 6) is -1.36.